The van der Waals surface area contributed by atoms with E-state index in [-0.39, 0.29) is 11.8 Å². The SMILES string of the molecule is O=C(OC1CCCC(CN2CCC(=C3c4ccc(F)cc4Sc4ccc(C(F)(F)F)cc43)CC2)C1)C(=O)OC1CCCC(CN2CCC(=C3c4ccc(F)cc4Sc4ccc(C(F)(F)F)cc43)CC2)C1. The van der Waals surface area contributed by atoms with Gasteiger partial charge in [-0.15, -0.1) is 0 Å². The largest absolute Gasteiger partial charge is 0.454 e. The highest BCUT2D eigenvalue weighted by molar-refractivity contribution is 7.99. The number of carbonyl (C=O) groups is 2. The van der Waals surface area contributed by atoms with Crippen LogP contribution in [0.3, 0.4) is 0 Å². The van der Waals surface area contributed by atoms with Crippen molar-refractivity contribution in [3.8, 4) is 0 Å². The number of nitrogens with zero attached hydrogens (tertiary/aromatic N) is 2. The molecular weight excluding hydrogens is 957 g/mol. The lowest BCUT2D eigenvalue weighted by Crippen LogP contribution is -2.39. The summed E-state index contributed by atoms with van der Waals surface area (Å²) in [6, 6.07) is 16.5. The van der Waals surface area contributed by atoms with Crippen molar-refractivity contribution >= 4 is 46.6 Å². The zero-order valence-electron chi connectivity index (χ0n) is 38.3. The molecule has 0 spiro atoms. The summed E-state index contributed by atoms with van der Waals surface area (Å²) in [4.78, 5) is 33.7. The molecule has 4 unspecified atom stereocenters. The van der Waals surface area contributed by atoms with Crippen molar-refractivity contribution < 1.29 is 54.2 Å². The first-order valence-corrected chi connectivity index (χ1v) is 25.8. The third-order valence-electron chi connectivity index (χ3n) is 14.9. The van der Waals surface area contributed by atoms with E-state index in [0.29, 0.717) is 108 Å². The highest BCUT2D eigenvalue weighted by Crippen LogP contribution is 2.51. The third-order valence-corrected chi connectivity index (χ3v) is 17.1. The molecule has 4 atom stereocenters. The molecule has 2 saturated carbocycles. The Kier molecular flexibility index (Phi) is 14.1. The van der Waals surface area contributed by atoms with Gasteiger partial charge in [0.15, 0.2) is 0 Å². The van der Waals surface area contributed by atoms with Gasteiger partial charge in [0.05, 0.1) is 11.1 Å². The van der Waals surface area contributed by atoms with E-state index in [9.17, 15) is 44.7 Å². The summed E-state index contributed by atoms with van der Waals surface area (Å²) in [5.41, 5.74) is 4.74. The van der Waals surface area contributed by atoms with E-state index in [4.69, 9.17) is 9.47 Å². The van der Waals surface area contributed by atoms with Gasteiger partial charge >= 0.3 is 24.3 Å². The molecular formula is C54H52F8N2O4S2. The number of rotatable bonds is 6. The summed E-state index contributed by atoms with van der Waals surface area (Å²) >= 11 is 2.57. The second-order valence-electron chi connectivity index (χ2n) is 19.6. The van der Waals surface area contributed by atoms with E-state index in [1.807, 2.05) is 0 Å². The van der Waals surface area contributed by atoms with Crippen molar-refractivity contribution in [3.05, 3.63) is 129 Å². The van der Waals surface area contributed by atoms with Gasteiger partial charge < -0.3 is 19.3 Å². The van der Waals surface area contributed by atoms with Crippen LogP contribution in [-0.2, 0) is 31.4 Å². The van der Waals surface area contributed by atoms with Crippen LogP contribution in [-0.4, -0.2) is 73.2 Å². The first kappa shape index (κ1) is 49.0. The lowest BCUT2D eigenvalue weighted by molar-refractivity contribution is -0.176. The standard InChI is InChI=1S/C54H52F8N2O4S2/c55-37-9-11-41-47(27-37)69-45-13-7-35(53(57,58)59)25-43(45)49(41)33-15-19-63(20-16-33)29-31-3-1-5-39(23-31)67-51(65)52(66)68-40-6-2-4-32(24-40)30-64-21-17-34(18-22-64)50-42-12-10-38(56)28-48(42)70-46-14-8-36(26-44(46)50)54(60,61)62/h7-14,25-28,31-32,39-40H,1-6,15-24,29-30H2. The summed E-state index contributed by atoms with van der Waals surface area (Å²) in [7, 11) is 0. The minimum atomic E-state index is -4.50. The molecule has 4 heterocycles. The number of esters is 2. The molecule has 4 aliphatic heterocycles. The van der Waals surface area contributed by atoms with Gasteiger partial charge in [-0.05, 0) is 183 Å². The average molecular weight is 1010 g/mol. The second kappa shape index (κ2) is 20.1. The topological polar surface area (TPSA) is 59.1 Å². The minimum absolute atomic E-state index is 0.225. The van der Waals surface area contributed by atoms with Gasteiger partial charge in [-0.3, -0.25) is 0 Å². The fraction of sp³-hybridized carbons (Fsp3) is 0.444. The normalized spacial score (nSPS) is 23.3. The summed E-state index contributed by atoms with van der Waals surface area (Å²) in [5, 5.41) is 0. The Morgan fingerprint density at radius 2 is 0.914 bits per heavy atom. The average Bonchev–Trinajstić information content (AvgIpc) is 3.32. The Hall–Kier alpha value is -4.64. The molecule has 6 aliphatic rings. The Morgan fingerprint density at radius 1 is 0.514 bits per heavy atom. The van der Waals surface area contributed by atoms with Crippen molar-refractivity contribution in [1.29, 1.82) is 0 Å². The summed E-state index contributed by atoms with van der Waals surface area (Å²) < 4.78 is 123. The lowest BCUT2D eigenvalue weighted by Gasteiger charge is -2.37. The highest BCUT2D eigenvalue weighted by atomic mass is 32.2. The monoisotopic (exact) mass is 1010 g/mol. The molecule has 370 valence electrons. The van der Waals surface area contributed by atoms with Gasteiger partial charge in [0.1, 0.15) is 23.8 Å². The Balaban J connectivity index is 0.707. The number of hydrogen-bond donors (Lipinski definition) is 0. The van der Waals surface area contributed by atoms with Crippen LogP contribution in [0.15, 0.2) is 104 Å². The number of ether oxygens (including phenoxy) is 2. The van der Waals surface area contributed by atoms with Crippen LogP contribution in [0.5, 0.6) is 0 Å². The molecule has 0 aromatic heterocycles. The number of hydrogen-bond acceptors (Lipinski definition) is 8. The zero-order chi connectivity index (χ0) is 48.9. The second-order valence-corrected chi connectivity index (χ2v) is 21.7. The summed E-state index contributed by atoms with van der Waals surface area (Å²) in [5.74, 6) is -2.31. The van der Waals surface area contributed by atoms with Crippen molar-refractivity contribution in [2.45, 2.75) is 121 Å². The van der Waals surface area contributed by atoms with Crippen molar-refractivity contribution in [2.75, 3.05) is 39.3 Å². The number of fused-ring (bicyclic) bond motifs is 4. The number of benzene rings is 4. The van der Waals surface area contributed by atoms with Crippen molar-refractivity contribution in [1.82, 2.24) is 9.80 Å². The molecule has 0 radical (unpaired) electrons. The maximum Gasteiger partial charge on any atom is 0.417 e. The first-order chi connectivity index (χ1) is 33.5. The van der Waals surface area contributed by atoms with Crippen molar-refractivity contribution in [2.24, 2.45) is 11.8 Å². The van der Waals surface area contributed by atoms with E-state index in [1.54, 1.807) is 12.1 Å². The molecule has 10 rings (SSSR count). The summed E-state index contributed by atoms with van der Waals surface area (Å²) in [6.07, 6.45) is -1.18. The zero-order valence-corrected chi connectivity index (χ0v) is 40.0. The fourth-order valence-electron chi connectivity index (χ4n) is 11.5. The quantitative estimate of drug-likeness (QED) is 0.0929. The Labute approximate surface area is 410 Å². The van der Waals surface area contributed by atoms with E-state index in [0.717, 1.165) is 84.3 Å². The minimum Gasteiger partial charge on any atom is -0.454 e. The van der Waals surface area contributed by atoms with Gasteiger partial charge in [-0.25, -0.2) is 18.4 Å². The molecule has 0 N–H and O–H groups in total. The van der Waals surface area contributed by atoms with Gasteiger partial charge in [0.2, 0.25) is 0 Å². The Morgan fingerprint density at radius 3 is 1.30 bits per heavy atom. The number of alkyl halides is 6. The fourth-order valence-corrected chi connectivity index (χ4v) is 13.7. The van der Waals surface area contributed by atoms with Crippen molar-refractivity contribution in [3.63, 3.8) is 0 Å². The smallest absolute Gasteiger partial charge is 0.417 e. The van der Waals surface area contributed by atoms with Gasteiger partial charge in [0.25, 0.3) is 0 Å². The molecule has 4 aromatic carbocycles. The Bertz CT molecular complexity index is 2550. The molecule has 0 bridgehead atoms. The first-order valence-electron chi connectivity index (χ1n) is 24.2. The molecule has 2 saturated heterocycles. The van der Waals surface area contributed by atoms with Crippen LogP contribution in [0.2, 0.25) is 0 Å². The van der Waals surface area contributed by atoms with E-state index < -0.39 is 59.3 Å². The molecule has 16 heteroatoms. The number of likely N-dealkylation sites (tertiary alicyclic amines) is 2. The molecule has 2 aliphatic carbocycles. The predicted octanol–water partition coefficient (Wildman–Crippen LogP) is 13.6. The van der Waals surface area contributed by atoms with Crippen LogP contribution >= 0.6 is 23.5 Å². The van der Waals surface area contributed by atoms with Crippen LogP contribution in [0.25, 0.3) is 11.1 Å². The molecule has 0 amide bonds. The number of halogens is 8. The van der Waals surface area contributed by atoms with Gasteiger partial charge in [-0.2, -0.15) is 26.3 Å². The van der Waals surface area contributed by atoms with Crippen LogP contribution in [0.1, 0.15) is 110 Å². The lowest BCUT2D eigenvalue weighted by atomic mass is 9.85. The summed E-state index contributed by atoms with van der Waals surface area (Å²) in [6.45, 7) is 4.32. The van der Waals surface area contributed by atoms with E-state index in [2.05, 4.69) is 9.80 Å². The van der Waals surface area contributed by atoms with E-state index >= 15 is 0 Å². The molecule has 4 fully saturated rings. The predicted molar refractivity (Wildman–Crippen MR) is 251 cm³/mol. The van der Waals surface area contributed by atoms with Crippen LogP contribution in [0.4, 0.5) is 35.1 Å². The van der Waals surface area contributed by atoms with Gasteiger partial charge in [0, 0.05) is 58.9 Å². The molecule has 70 heavy (non-hydrogen) atoms. The van der Waals surface area contributed by atoms with E-state index in [1.165, 1.54) is 72.1 Å². The third kappa shape index (κ3) is 10.8. The number of piperidine rings is 2. The van der Waals surface area contributed by atoms with Crippen LogP contribution in [0, 0.1) is 23.5 Å². The maximum atomic E-state index is 14.3. The molecule has 4 aromatic rings. The number of carbonyl (C=O) groups excluding carboxylic acids is 2. The van der Waals surface area contributed by atoms with Gasteiger partial charge in [-0.1, -0.05) is 46.8 Å². The molecule has 6 nitrogen and oxygen atoms in total. The maximum absolute atomic E-state index is 14.3. The van der Waals surface area contributed by atoms with Crippen LogP contribution < -0.4 is 0 Å². The highest BCUT2D eigenvalue weighted by Gasteiger charge is 2.37.